The number of likely N-dealkylation sites (tertiary alicyclic amines) is 1. The Balaban J connectivity index is 1.36. The van der Waals surface area contributed by atoms with E-state index in [1.54, 1.807) is 23.6 Å². The number of hydrogen-bond donors (Lipinski definition) is 3. The molecule has 10 heteroatoms. The van der Waals surface area contributed by atoms with Crippen LogP contribution in [0.5, 0.6) is 0 Å². The highest BCUT2D eigenvalue weighted by molar-refractivity contribution is 7.23. The monoisotopic (exact) mass is 442 g/mol. The first-order chi connectivity index (χ1) is 14.5. The van der Waals surface area contributed by atoms with Crippen LogP contribution >= 0.6 is 22.7 Å². The zero-order chi connectivity index (χ0) is 21.1. The van der Waals surface area contributed by atoms with E-state index in [9.17, 15) is 9.59 Å². The molecule has 1 fully saturated rings. The number of benzene rings is 1. The van der Waals surface area contributed by atoms with Gasteiger partial charge in [0.1, 0.15) is 0 Å². The molecule has 3 aromatic rings. The zero-order valence-electron chi connectivity index (χ0n) is 16.4. The molecular weight excluding hydrogens is 420 g/mol. The third-order valence-electron chi connectivity index (χ3n) is 4.97. The quantitative estimate of drug-likeness (QED) is 0.541. The number of primary amides is 1. The average molecular weight is 443 g/mol. The number of carbonyl (C=O) groups excluding carboxylic acids is 2. The highest BCUT2D eigenvalue weighted by atomic mass is 32.1. The summed E-state index contributed by atoms with van der Waals surface area (Å²) >= 11 is 2.78. The summed E-state index contributed by atoms with van der Waals surface area (Å²) in [7, 11) is 2.10. The molecule has 0 bridgehead atoms. The Morgan fingerprint density at radius 3 is 2.53 bits per heavy atom. The van der Waals surface area contributed by atoms with Gasteiger partial charge in [-0.1, -0.05) is 11.3 Å². The van der Waals surface area contributed by atoms with Gasteiger partial charge in [0.15, 0.2) is 5.01 Å². The number of nitrogens with zero attached hydrogens (tertiary/aromatic N) is 3. The SMILES string of the molecule is CN1CCC(NC(=O)c2ccc(Nc3nnc(-c4cc(C(N)=O)cs4)s3)cc2)CC1. The summed E-state index contributed by atoms with van der Waals surface area (Å²) < 4.78 is 0. The van der Waals surface area contributed by atoms with E-state index in [0.29, 0.717) is 21.3 Å². The smallest absolute Gasteiger partial charge is 0.251 e. The first-order valence-corrected chi connectivity index (χ1v) is 11.3. The van der Waals surface area contributed by atoms with Crippen molar-refractivity contribution in [3.8, 4) is 9.88 Å². The zero-order valence-corrected chi connectivity index (χ0v) is 18.1. The van der Waals surface area contributed by atoms with Gasteiger partial charge in [-0.25, -0.2) is 0 Å². The molecular formula is C20H22N6O2S2. The number of rotatable bonds is 6. The number of hydrogen-bond acceptors (Lipinski definition) is 8. The summed E-state index contributed by atoms with van der Waals surface area (Å²) in [5.41, 5.74) is 7.21. The summed E-state index contributed by atoms with van der Waals surface area (Å²) in [6, 6.07) is 9.25. The van der Waals surface area contributed by atoms with Gasteiger partial charge in [0, 0.05) is 22.7 Å². The molecule has 0 radical (unpaired) electrons. The van der Waals surface area contributed by atoms with Crippen molar-refractivity contribution in [2.45, 2.75) is 18.9 Å². The van der Waals surface area contributed by atoms with Crippen LogP contribution in [-0.2, 0) is 0 Å². The molecule has 30 heavy (non-hydrogen) atoms. The Kier molecular flexibility index (Phi) is 6.07. The predicted octanol–water partition coefficient (Wildman–Crippen LogP) is 2.93. The van der Waals surface area contributed by atoms with Crippen molar-refractivity contribution in [1.82, 2.24) is 20.4 Å². The fourth-order valence-corrected chi connectivity index (χ4v) is 4.92. The lowest BCUT2D eigenvalue weighted by Crippen LogP contribution is -2.43. The van der Waals surface area contributed by atoms with Crippen LogP contribution in [0.3, 0.4) is 0 Å². The minimum absolute atomic E-state index is 0.0442. The van der Waals surface area contributed by atoms with Gasteiger partial charge in [0.05, 0.1) is 10.4 Å². The summed E-state index contributed by atoms with van der Waals surface area (Å²) in [5, 5.41) is 17.7. The molecule has 2 aromatic heterocycles. The second-order valence-corrected chi connectivity index (χ2v) is 9.12. The molecule has 0 atom stereocenters. The average Bonchev–Trinajstić information content (AvgIpc) is 3.40. The number of carbonyl (C=O) groups is 2. The molecule has 8 nitrogen and oxygen atoms in total. The van der Waals surface area contributed by atoms with E-state index in [1.165, 1.54) is 22.7 Å². The fraction of sp³-hybridized carbons (Fsp3) is 0.300. The van der Waals surface area contributed by atoms with Gasteiger partial charge in [-0.2, -0.15) is 0 Å². The van der Waals surface area contributed by atoms with Crippen LogP contribution in [0.1, 0.15) is 33.6 Å². The molecule has 1 aromatic carbocycles. The van der Waals surface area contributed by atoms with E-state index in [-0.39, 0.29) is 11.9 Å². The molecule has 0 spiro atoms. The van der Waals surface area contributed by atoms with E-state index >= 15 is 0 Å². The molecule has 4 rings (SSSR count). The lowest BCUT2D eigenvalue weighted by molar-refractivity contribution is 0.0916. The number of thiophene rings is 1. The van der Waals surface area contributed by atoms with Crippen LogP contribution in [0.4, 0.5) is 10.8 Å². The van der Waals surface area contributed by atoms with E-state index < -0.39 is 5.91 Å². The van der Waals surface area contributed by atoms with Crippen LogP contribution in [0.15, 0.2) is 35.7 Å². The van der Waals surface area contributed by atoms with Crippen LogP contribution < -0.4 is 16.4 Å². The molecule has 1 saturated heterocycles. The van der Waals surface area contributed by atoms with Gasteiger partial charge >= 0.3 is 0 Å². The maximum Gasteiger partial charge on any atom is 0.251 e. The van der Waals surface area contributed by atoms with Crippen LogP contribution in [0.25, 0.3) is 9.88 Å². The Bertz CT molecular complexity index is 1040. The van der Waals surface area contributed by atoms with Crippen LogP contribution in [0.2, 0.25) is 0 Å². The first kappa shape index (κ1) is 20.5. The topological polar surface area (TPSA) is 113 Å². The van der Waals surface area contributed by atoms with Crippen molar-refractivity contribution in [2.24, 2.45) is 5.73 Å². The van der Waals surface area contributed by atoms with E-state index in [1.807, 2.05) is 12.1 Å². The van der Waals surface area contributed by atoms with E-state index in [4.69, 9.17) is 5.73 Å². The maximum atomic E-state index is 12.5. The van der Waals surface area contributed by atoms with Gasteiger partial charge in [0.2, 0.25) is 11.0 Å². The second-order valence-electron chi connectivity index (χ2n) is 7.23. The highest BCUT2D eigenvalue weighted by Crippen LogP contribution is 2.32. The predicted molar refractivity (Wildman–Crippen MR) is 119 cm³/mol. The number of nitrogens with one attached hydrogen (secondary N) is 2. The number of amides is 2. The molecule has 4 N–H and O–H groups in total. The summed E-state index contributed by atoms with van der Waals surface area (Å²) in [6.45, 7) is 2.01. The molecule has 1 aliphatic rings. The van der Waals surface area contributed by atoms with Crippen molar-refractivity contribution < 1.29 is 9.59 Å². The fourth-order valence-electron chi connectivity index (χ4n) is 3.20. The molecule has 2 amide bonds. The molecule has 0 aliphatic carbocycles. The van der Waals surface area contributed by atoms with Crippen molar-refractivity contribution in [1.29, 1.82) is 0 Å². The minimum atomic E-state index is -0.458. The van der Waals surface area contributed by atoms with Gasteiger partial charge in [-0.3, -0.25) is 9.59 Å². The summed E-state index contributed by atoms with van der Waals surface area (Å²) in [4.78, 5) is 26.8. The molecule has 1 aliphatic heterocycles. The lowest BCUT2D eigenvalue weighted by atomic mass is 10.0. The number of piperidine rings is 1. The first-order valence-electron chi connectivity index (χ1n) is 9.56. The van der Waals surface area contributed by atoms with Crippen molar-refractivity contribution in [3.63, 3.8) is 0 Å². The van der Waals surface area contributed by atoms with Crippen LogP contribution in [0, 0.1) is 0 Å². The third-order valence-corrected chi connectivity index (χ3v) is 6.91. The summed E-state index contributed by atoms with van der Waals surface area (Å²) in [5.74, 6) is -0.502. The Morgan fingerprint density at radius 1 is 1.13 bits per heavy atom. The van der Waals surface area contributed by atoms with E-state index in [0.717, 1.165) is 36.5 Å². The largest absolute Gasteiger partial charge is 0.366 e. The normalized spacial score (nSPS) is 15.1. The number of anilines is 2. The highest BCUT2D eigenvalue weighted by Gasteiger charge is 2.19. The Labute approximate surface area is 182 Å². The number of nitrogens with two attached hydrogens (primary N) is 1. The van der Waals surface area contributed by atoms with Crippen molar-refractivity contribution in [3.05, 3.63) is 46.8 Å². The van der Waals surface area contributed by atoms with Crippen molar-refractivity contribution in [2.75, 3.05) is 25.5 Å². The van der Waals surface area contributed by atoms with Gasteiger partial charge in [-0.05, 0) is 63.3 Å². The van der Waals surface area contributed by atoms with Crippen molar-refractivity contribution >= 4 is 45.3 Å². The van der Waals surface area contributed by atoms with Gasteiger partial charge in [-0.15, -0.1) is 21.5 Å². The molecule has 0 unspecified atom stereocenters. The molecule has 3 heterocycles. The standard InChI is InChI=1S/C20H22N6O2S2/c1-26-8-6-15(7-9-26)22-18(28)12-2-4-14(5-3-12)23-20-25-24-19(30-20)16-10-13(11-29-16)17(21)27/h2-5,10-11,15H,6-9H2,1H3,(H2,21,27)(H,22,28)(H,23,25). The van der Waals surface area contributed by atoms with Crippen LogP contribution in [-0.4, -0.2) is 53.1 Å². The maximum absolute atomic E-state index is 12.5. The minimum Gasteiger partial charge on any atom is -0.366 e. The molecule has 0 saturated carbocycles. The van der Waals surface area contributed by atoms with Gasteiger partial charge in [0.25, 0.3) is 5.91 Å². The summed E-state index contributed by atoms with van der Waals surface area (Å²) in [6.07, 6.45) is 1.96. The molecule has 156 valence electrons. The lowest BCUT2D eigenvalue weighted by Gasteiger charge is -2.29. The third kappa shape index (κ3) is 4.84. The Morgan fingerprint density at radius 2 is 1.87 bits per heavy atom. The van der Waals surface area contributed by atoms with E-state index in [2.05, 4.69) is 32.8 Å². The number of aromatic nitrogens is 2. The second kappa shape index (κ2) is 8.90. The Hall–Kier alpha value is -2.82. The van der Waals surface area contributed by atoms with Gasteiger partial charge < -0.3 is 21.3 Å².